The lowest BCUT2D eigenvalue weighted by Crippen LogP contribution is -2.43. The van der Waals surface area contributed by atoms with Crippen LogP contribution in [0.5, 0.6) is 0 Å². The van der Waals surface area contributed by atoms with E-state index >= 15 is 0 Å². The Morgan fingerprint density at radius 2 is 1.82 bits per heavy atom. The maximum absolute atomic E-state index is 13.2. The number of halogens is 1. The third-order valence-corrected chi connectivity index (χ3v) is 6.80. The van der Waals surface area contributed by atoms with Gasteiger partial charge >= 0.3 is 0 Å². The molecule has 0 aliphatic carbocycles. The third-order valence-electron chi connectivity index (χ3n) is 6.54. The number of fused-ring (bicyclic) bond motifs is 1. The van der Waals surface area contributed by atoms with Crippen molar-refractivity contribution in [3.05, 3.63) is 82.7 Å². The number of nitrogens with zero attached hydrogens (tertiary/aromatic N) is 4. The molecule has 0 spiro atoms. The molecule has 1 fully saturated rings. The second kappa shape index (κ2) is 9.95. The van der Waals surface area contributed by atoms with Crippen molar-refractivity contribution < 1.29 is 14.3 Å². The molecule has 0 saturated carbocycles. The number of imidazole rings is 1. The second-order valence-electron chi connectivity index (χ2n) is 8.68. The van der Waals surface area contributed by atoms with Crippen LogP contribution in [0.1, 0.15) is 46.3 Å². The van der Waals surface area contributed by atoms with E-state index in [0.29, 0.717) is 56.3 Å². The third kappa shape index (κ3) is 4.83. The Morgan fingerprint density at radius 3 is 2.56 bits per heavy atom. The number of pyridine rings is 1. The van der Waals surface area contributed by atoms with Gasteiger partial charge in [-0.3, -0.25) is 14.6 Å². The van der Waals surface area contributed by atoms with Crippen molar-refractivity contribution >= 4 is 23.4 Å². The van der Waals surface area contributed by atoms with Crippen molar-refractivity contribution in [2.75, 3.05) is 13.1 Å². The van der Waals surface area contributed by atoms with Crippen molar-refractivity contribution in [1.29, 1.82) is 0 Å². The molecule has 5 rings (SSSR count). The fraction of sp³-hybridized carbons (Fsp3) is 0.360. The molecule has 1 saturated heterocycles. The molecule has 2 aliphatic heterocycles. The van der Waals surface area contributed by atoms with Gasteiger partial charge < -0.3 is 19.5 Å². The lowest BCUT2D eigenvalue weighted by atomic mass is 9.95. The molecule has 1 aromatic carbocycles. The lowest BCUT2D eigenvalue weighted by Gasteiger charge is -2.31. The number of amides is 2. The van der Waals surface area contributed by atoms with Crippen molar-refractivity contribution in [2.24, 2.45) is 5.92 Å². The second-order valence-corrected chi connectivity index (χ2v) is 9.12. The number of likely N-dealkylation sites (tertiary alicyclic amines) is 1. The first kappa shape index (κ1) is 22.6. The van der Waals surface area contributed by atoms with Crippen LogP contribution in [0.25, 0.3) is 0 Å². The predicted octanol–water partition coefficient (Wildman–Crippen LogP) is 3.37. The number of piperidine rings is 1. The van der Waals surface area contributed by atoms with E-state index in [9.17, 15) is 9.59 Å². The Morgan fingerprint density at radius 1 is 1.09 bits per heavy atom. The van der Waals surface area contributed by atoms with E-state index < -0.39 is 0 Å². The maximum atomic E-state index is 13.2. The first-order chi connectivity index (χ1) is 16.6. The Bertz CT molecular complexity index is 1160. The summed E-state index contributed by atoms with van der Waals surface area (Å²) in [5.41, 5.74) is 3.30. The monoisotopic (exact) mass is 479 g/mol. The summed E-state index contributed by atoms with van der Waals surface area (Å²) in [6.07, 6.45) is 6.31. The Hall–Kier alpha value is -3.23. The summed E-state index contributed by atoms with van der Waals surface area (Å²) in [5, 5.41) is 3.68. The highest BCUT2D eigenvalue weighted by molar-refractivity contribution is 6.30. The van der Waals surface area contributed by atoms with Crippen molar-refractivity contribution in [3.8, 4) is 0 Å². The van der Waals surface area contributed by atoms with Crippen molar-refractivity contribution in [2.45, 2.75) is 38.6 Å². The van der Waals surface area contributed by atoms with Crippen molar-refractivity contribution in [3.63, 3.8) is 0 Å². The molecule has 2 aromatic heterocycles. The van der Waals surface area contributed by atoms with E-state index in [4.69, 9.17) is 16.3 Å². The molecule has 2 aliphatic rings. The first-order valence-corrected chi connectivity index (χ1v) is 11.8. The molecule has 2 amide bonds. The largest absolute Gasteiger partial charge is 0.365 e. The van der Waals surface area contributed by atoms with E-state index in [-0.39, 0.29) is 23.8 Å². The van der Waals surface area contributed by atoms with Gasteiger partial charge in [0.05, 0.1) is 25.2 Å². The molecule has 1 N–H and O–H groups in total. The summed E-state index contributed by atoms with van der Waals surface area (Å²) >= 11 is 5.99. The van der Waals surface area contributed by atoms with Gasteiger partial charge in [-0.15, -0.1) is 0 Å². The van der Waals surface area contributed by atoms with Crippen LogP contribution in [0.3, 0.4) is 0 Å². The number of benzene rings is 1. The number of hydrogen-bond acceptors (Lipinski definition) is 5. The molecule has 1 unspecified atom stereocenters. The van der Waals surface area contributed by atoms with E-state index in [0.717, 1.165) is 16.8 Å². The van der Waals surface area contributed by atoms with Crippen LogP contribution in [-0.2, 0) is 29.2 Å². The maximum Gasteiger partial charge on any atom is 0.274 e. The molecule has 8 nitrogen and oxygen atoms in total. The number of aromatic nitrogens is 3. The number of ether oxygens (including phenoxy) is 1. The number of rotatable bonds is 5. The van der Waals surface area contributed by atoms with Gasteiger partial charge in [-0.2, -0.15) is 0 Å². The molecule has 34 heavy (non-hydrogen) atoms. The summed E-state index contributed by atoms with van der Waals surface area (Å²) in [7, 11) is 0. The van der Waals surface area contributed by atoms with Crippen LogP contribution >= 0.6 is 11.6 Å². The zero-order valence-corrected chi connectivity index (χ0v) is 19.4. The van der Waals surface area contributed by atoms with Gasteiger partial charge in [-0.05, 0) is 48.2 Å². The smallest absolute Gasteiger partial charge is 0.274 e. The summed E-state index contributed by atoms with van der Waals surface area (Å²) in [6.45, 7) is 2.47. The Balaban J connectivity index is 1.16. The predicted molar refractivity (Wildman–Crippen MR) is 126 cm³/mol. The molecule has 1 atom stereocenters. The molecule has 0 bridgehead atoms. The highest BCUT2D eigenvalue weighted by Gasteiger charge is 2.32. The molecule has 3 aromatic rings. The summed E-state index contributed by atoms with van der Waals surface area (Å²) in [4.78, 5) is 35.9. The van der Waals surface area contributed by atoms with Crippen molar-refractivity contribution in [1.82, 2.24) is 24.8 Å². The molecular weight excluding hydrogens is 454 g/mol. The van der Waals surface area contributed by atoms with Crippen LogP contribution in [-0.4, -0.2) is 44.3 Å². The lowest BCUT2D eigenvalue weighted by molar-refractivity contribution is -0.126. The Kier molecular flexibility index (Phi) is 6.60. The fourth-order valence-corrected chi connectivity index (χ4v) is 4.64. The van der Waals surface area contributed by atoms with Crippen LogP contribution in [0, 0.1) is 5.92 Å². The average molecular weight is 480 g/mol. The summed E-state index contributed by atoms with van der Waals surface area (Å²) in [5.74, 6) is -0.159. The minimum absolute atomic E-state index is 0.0323. The van der Waals surface area contributed by atoms with Gasteiger partial charge in [-0.25, -0.2) is 4.98 Å². The number of carbonyl (C=O) groups excluding carboxylic acids is 2. The van der Waals surface area contributed by atoms with Gasteiger partial charge in [0.25, 0.3) is 5.91 Å². The van der Waals surface area contributed by atoms with Gasteiger partial charge in [0, 0.05) is 43.0 Å². The SMILES string of the molecule is O=C(NCc1ccncc1)C1CCN(C(=O)c2ncn3c2COC(c2ccc(Cl)cc2)C3)CC1. The molecule has 9 heteroatoms. The summed E-state index contributed by atoms with van der Waals surface area (Å²) < 4.78 is 8.04. The average Bonchev–Trinajstić information content (AvgIpc) is 3.31. The van der Waals surface area contributed by atoms with Gasteiger partial charge in [0.2, 0.25) is 5.91 Å². The first-order valence-electron chi connectivity index (χ1n) is 11.5. The molecule has 4 heterocycles. The zero-order chi connectivity index (χ0) is 23.5. The number of nitrogens with one attached hydrogen (secondary N) is 1. The standard InChI is InChI=1S/C25H26ClN5O3/c26-20-3-1-18(2-4-20)22-14-31-16-29-23(21(31)15-34-22)25(33)30-11-7-19(8-12-30)24(32)28-13-17-5-9-27-10-6-17/h1-6,9-10,16,19,22H,7-8,11-15H2,(H,28,32). The number of carbonyl (C=O) groups is 2. The molecule has 0 radical (unpaired) electrons. The van der Waals surface area contributed by atoms with Crippen LogP contribution in [0.15, 0.2) is 55.1 Å². The normalized spacial score (nSPS) is 18.4. The van der Waals surface area contributed by atoms with E-state index in [1.807, 2.05) is 41.0 Å². The van der Waals surface area contributed by atoms with Gasteiger partial charge in [-0.1, -0.05) is 23.7 Å². The van der Waals surface area contributed by atoms with Gasteiger partial charge in [0.15, 0.2) is 5.69 Å². The fourth-order valence-electron chi connectivity index (χ4n) is 4.51. The summed E-state index contributed by atoms with van der Waals surface area (Å²) in [6, 6.07) is 11.4. The number of hydrogen-bond donors (Lipinski definition) is 1. The van der Waals surface area contributed by atoms with Gasteiger partial charge in [0.1, 0.15) is 6.10 Å². The highest BCUT2D eigenvalue weighted by atomic mass is 35.5. The Labute approximate surface area is 202 Å². The van der Waals surface area contributed by atoms with E-state index in [2.05, 4.69) is 15.3 Å². The topological polar surface area (TPSA) is 89.4 Å². The highest BCUT2D eigenvalue weighted by Crippen LogP contribution is 2.29. The van der Waals surface area contributed by atoms with Crippen LogP contribution in [0.2, 0.25) is 5.02 Å². The van der Waals surface area contributed by atoms with E-state index in [1.165, 1.54) is 0 Å². The minimum atomic E-state index is -0.108. The van der Waals surface area contributed by atoms with E-state index in [1.54, 1.807) is 23.6 Å². The minimum Gasteiger partial charge on any atom is -0.365 e. The zero-order valence-electron chi connectivity index (χ0n) is 18.7. The van der Waals surface area contributed by atoms with Crippen LogP contribution < -0.4 is 5.32 Å². The quantitative estimate of drug-likeness (QED) is 0.606. The molecular formula is C25H26ClN5O3. The molecule has 176 valence electrons. The van der Waals surface area contributed by atoms with Crippen LogP contribution in [0.4, 0.5) is 0 Å².